The lowest BCUT2D eigenvalue weighted by Gasteiger charge is -2.30. The van der Waals surface area contributed by atoms with Crippen LogP contribution in [0.4, 0.5) is 0 Å². The van der Waals surface area contributed by atoms with Gasteiger partial charge in [-0.05, 0) is 49.1 Å². The maximum atomic E-state index is 13.4. The van der Waals surface area contributed by atoms with Crippen molar-refractivity contribution in [2.24, 2.45) is 11.3 Å². The fourth-order valence-corrected chi connectivity index (χ4v) is 4.69. The zero-order chi connectivity index (χ0) is 31.7. The lowest BCUT2D eigenvalue weighted by atomic mass is 9.94. The third-order valence-electron chi connectivity index (χ3n) is 7.06. The lowest BCUT2D eigenvalue weighted by molar-refractivity contribution is -0.143. The van der Waals surface area contributed by atoms with Gasteiger partial charge < -0.3 is 35.1 Å². The molecular formula is C32H44N4O7. The van der Waals surface area contributed by atoms with Crippen molar-refractivity contribution in [1.82, 2.24) is 20.9 Å². The third kappa shape index (κ3) is 8.86. The van der Waals surface area contributed by atoms with Crippen LogP contribution in [0.3, 0.4) is 0 Å². The van der Waals surface area contributed by atoms with Gasteiger partial charge in [0.25, 0.3) is 5.91 Å². The third-order valence-corrected chi connectivity index (χ3v) is 7.06. The Balaban J connectivity index is 2.00. The predicted octanol–water partition coefficient (Wildman–Crippen LogP) is 3.65. The van der Waals surface area contributed by atoms with Crippen LogP contribution in [0.5, 0.6) is 23.0 Å². The average molecular weight is 597 g/mol. The van der Waals surface area contributed by atoms with Gasteiger partial charge in [-0.25, -0.2) is 0 Å². The number of nitrogens with one attached hydrogen (secondary N) is 3. The van der Waals surface area contributed by atoms with Crippen LogP contribution < -0.4 is 30.2 Å². The Morgan fingerprint density at radius 1 is 0.977 bits per heavy atom. The van der Waals surface area contributed by atoms with Crippen LogP contribution in [0.1, 0.15) is 63.4 Å². The Morgan fingerprint density at radius 3 is 2.35 bits per heavy atom. The highest BCUT2D eigenvalue weighted by Gasteiger charge is 2.30. The Hall–Kier alpha value is -4.28. The Labute approximate surface area is 253 Å². The summed E-state index contributed by atoms with van der Waals surface area (Å²) < 4.78 is 17.3. The molecule has 11 nitrogen and oxygen atoms in total. The van der Waals surface area contributed by atoms with E-state index in [9.17, 15) is 19.2 Å². The second kappa shape index (κ2) is 14.8. The molecule has 0 saturated heterocycles. The summed E-state index contributed by atoms with van der Waals surface area (Å²) in [5.74, 6) is 0.103. The smallest absolute Gasteiger partial charge is 0.251 e. The van der Waals surface area contributed by atoms with Gasteiger partial charge in [0.15, 0.2) is 11.5 Å². The van der Waals surface area contributed by atoms with Crippen LogP contribution in [-0.4, -0.2) is 68.4 Å². The summed E-state index contributed by atoms with van der Waals surface area (Å²) in [4.78, 5) is 54.2. The van der Waals surface area contributed by atoms with Gasteiger partial charge in [0.2, 0.25) is 17.7 Å². The average Bonchev–Trinajstić information content (AvgIpc) is 2.96. The van der Waals surface area contributed by atoms with Crippen LogP contribution in [0.2, 0.25) is 0 Å². The number of amides is 4. The van der Waals surface area contributed by atoms with Gasteiger partial charge in [-0.15, -0.1) is 0 Å². The summed E-state index contributed by atoms with van der Waals surface area (Å²) in [5.41, 5.74) is 0.238. The molecule has 0 aromatic heterocycles. The normalized spacial score (nSPS) is 17.5. The van der Waals surface area contributed by atoms with E-state index in [1.54, 1.807) is 57.2 Å². The molecular weight excluding hydrogens is 552 g/mol. The van der Waals surface area contributed by atoms with E-state index in [0.29, 0.717) is 60.1 Å². The van der Waals surface area contributed by atoms with E-state index >= 15 is 0 Å². The van der Waals surface area contributed by atoms with Crippen LogP contribution in [-0.2, 0) is 20.9 Å². The van der Waals surface area contributed by atoms with E-state index in [0.717, 1.165) is 0 Å². The highest BCUT2D eigenvalue weighted by molar-refractivity contribution is 5.95. The summed E-state index contributed by atoms with van der Waals surface area (Å²) >= 11 is 0. The highest BCUT2D eigenvalue weighted by atomic mass is 16.5. The number of hydrogen-bond acceptors (Lipinski definition) is 7. The molecule has 234 valence electrons. The van der Waals surface area contributed by atoms with Gasteiger partial charge in [0.05, 0.1) is 32.9 Å². The molecule has 2 bridgehead atoms. The van der Waals surface area contributed by atoms with E-state index < -0.39 is 17.4 Å². The first kappa shape index (κ1) is 33.2. The number of ether oxygens (including phenoxy) is 3. The number of nitrogens with zero attached hydrogens (tertiary/aromatic N) is 1. The van der Waals surface area contributed by atoms with E-state index in [1.807, 2.05) is 13.8 Å². The summed E-state index contributed by atoms with van der Waals surface area (Å²) in [6.07, 6.45) is 1.16. The van der Waals surface area contributed by atoms with E-state index in [-0.39, 0.29) is 36.7 Å². The molecule has 0 spiro atoms. The molecule has 1 heterocycles. The van der Waals surface area contributed by atoms with Crippen molar-refractivity contribution < 1.29 is 33.4 Å². The first-order chi connectivity index (χ1) is 20.3. The summed E-state index contributed by atoms with van der Waals surface area (Å²) in [7, 11) is 3.02. The van der Waals surface area contributed by atoms with Gasteiger partial charge in [-0.1, -0.05) is 40.7 Å². The molecule has 0 unspecified atom stereocenters. The molecule has 2 aromatic rings. The molecule has 2 aromatic carbocycles. The number of methoxy groups -OCH3 is 2. The van der Waals surface area contributed by atoms with Crippen molar-refractivity contribution >= 4 is 23.6 Å². The van der Waals surface area contributed by atoms with E-state index in [1.165, 1.54) is 19.1 Å². The minimum atomic E-state index is -0.837. The van der Waals surface area contributed by atoms with Gasteiger partial charge in [0, 0.05) is 24.1 Å². The number of hydrogen-bond donors (Lipinski definition) is 3. The second-order valence-corrected chi connectivity index (χ2v) is 11.9. The van der Waals surface area contributed by atoms with Crippen LogP contribution in [0, 0.1) is 11.3 Å². The Kier molecular flexibility index (Phi) is 11.4. The molecule has 3 rings (SSSR count). The molecule has 0 fully saturated rings. The maximum absolute atomic E-state index is 13.4. The summed E-state index contributed by atoms with van der Waals surface area (Å²) in [5, 5.41) is 8.63. The Bertz CT molecular complexity index is 1320. The predicted molar refractivity (Wildman–Crippen MR) is 162 cm³/mol. The van der Waals surface area contributed by atoms with Crippen molar-refractivity contribution in [3.8, 4) is 23.0 Å². The van der Waals surface area contributed by atoms with Crippen LogP contribution >= 0.6 is 0 Å². The second-order valence-electron chi connectivity index (χ2n) is 11.9. The standard InChI is InChI=1S/C32H44N4O7/c1-20(2)28-30(39)34-18-22-23(41-6)11-10-12-24(22)43-26-17-21(13-14-25(26)42-7)29(38)33-15-8-9-16-36(19-27(37)35-28)31(40)32(3,4)5/h10-14,17,20,28H,8-9,15-16,18-19H2,1-7H3,(H,33,38)(H,34,39)(H,35,37)/t28-/m1/s1. The number of carbonyl (C=O) groups is 4. The van der Waals surface area contributed by atoms with Gasteiger partial charge in [-0.2, -0.15) is 0 Å². The largest absolute Gasteiger partial charge is 0.496 e. The molecule has 1 aliphatic heterocycles. The van der Waals surface area contributed by atoms with Crippen molar-refractivity contribution in [2.45, 2.75) is 60.0 Å². The van der Waals surface area contributed by atoms with Gasteiger partial charge in [0.1, 0.15) is 17.5 Å². The SMILES string of the molecule is COc1ccc2cc1Oc1cccc(OC)c1CNC(=O)[C@@H](C(C)C)NC(=O)CN(C(=O)C(C)(C)C)CCCCNC2=O. The van der Waals surface area contributed by atoms with Crippen molar-refractivity contribution in [3.05, 3.63) is 47.5 Å². The molecule has 1 aliphatic rings. The zero-order valence-electron chi connectivity index (χ0n) is 26.2. The van der Waals surface area contributed by atoms with Gasteiger partial charge >= 0.3 is 0 Å². The Morgan fingerprint density at radius 2 is 1.70 bits per heavy atom. The minimum Gasteiger partial charge on any atom is -0.496 e. The quantitative estimate of drug-likeness (QED) is 0.492. The fourth-order valence-electron chi connectivity index (χ4n) is 4.69. The monoisotopic (exact) mass is 596 g/mol. The molecule has 0 radical (unpaired) electrons. The van der Waals surface area contributed by atoms with Crippen molar-refractivity contribution in [3.63, 3.8) is 0 Å². The number of fused-ring (bicyclic) bond motifs is 3. The first-order valence-electron chi connectivity index (χ1n) is 14.5. The molecule has 0 saturated carbocycles. The summed E-state index contributed by atoms with van der Waals surface area (Å²) in [6, 6.07) is 9.29. The number of rotatable bonds is 3. The highest BCUT2D eigenvalue weighted by Crippen LogP contribution is 2.37. The van der Waals surface area contributed by atoms with E-state index in [2.05, 4.69) is 16.0 Å². The first-order valence-corrected chi connectivity index (χ1v) is 14.5. The van der Waals surface area contributed by atoms with Gasteiger partial charge in [-0.3, -0.25) is 19.2 Å². The molecule has 1 atom stereocenters. The van der Waals surface area contributed by atoms with Crippen molar-refractivity contribution in [1.29, 1.82) is 0 Å². The van der Waals surface area contributed by atoms with Crippen LogP contribution in [0.15, 0.2) is 36.4 Å². The lowest BCUT2D eigenvalue weighted by Crippen LogP contribution is -2.53. The zero-order valence-corrected chi connectivity index (χ0v) is 26.2. The summed E-state index contributed by atoms with van der Waals surface area (Å²) in [6.45, 7) is 9.63. The molecule has 11 heteroatoms. The molecule has 0 aliphatic carbocycles. The molecule has 43 heavy (non-hydrogen) atoms. The van der Waals surface area contributed by atoms with Crippen LogP contribution in [0.25, 0.3) is 0 Å². The molecule has 4 amide bonds. The maximum Gasteiger partial charge on any atom is 0.251 e. The molecule has 3 N–H and O–H groups in total. The van der Waals surface area contributed by atoms with E-state index in [4.69, 9.17) is 14.2 Å². The van der Waals surface area contributed by atoms with Crippen molar-refractivity contribution in [2.75, 3.05) is 33.9 Å². The number of carbonyl (C=O) groups excluding carboxylic acids is 4. The topological polar surface area (TPSA) is 135 Å². The number of benzene rings is 2. The fraction of sp³-hybridized carbons (Fsp3) is 0.500. The minimum absolute atomic E-state index is 0.0361.